The van der Waals surface area contributed by atoms with Gasteiger partial charge in [-0.05, 0) is 18.6 Å². The zero-order valence-corrected chi connectivity index (χ0v) is 30.2. The van der Waals surface area contributed by atoms with E-state index in [1.54, 1.807) is 6.07 Å². The van der Waals surface area contributed by atoms with Crippen LogP contribution in [0.3, 0.4) is 0 Å². The molecule has 0 saturated heterocycles. The second-order valence-electron chi connectivity index (χ2n) is 11.4. The van der Waals surface area contributed by atoms with Crippen LogP contribution >= 0.6 is 0 Å². The van der Waals surface area contributed by atoms with Gasteiger partial charge in [0, 0.05) is 6.61 Å². The van der Waals surface area contributed by atoms with Gasteiger partial charge in [-0.1, -0.05) is 83.3 Å². The van der Waals surface area contributed by atoms with E-state index in [1.807, 2.05) is 18.2 Å². The van der Waals surface area contributed by atoms with Gasteiger partial charge in [0.25, 0.3) is 0 Å². The number of hydrogen-bond acceptors (Lipinski definition) is 11. The van der Waals surface area contributed by atoms with Crippen LogP contribution < -0.4 is 10.5 Å². The van der Waals surface area contributed by atoms with Crippen molar-refractivity contribution in [3.63, 3.8) is 0 Å². The Morgan fingerprint density at radius 1 is 0.354 bits per heavy atom. The smallest absolute Gasteiger partial charge is 0.142 e. The van der Waals surface area contributed by atoms with Crippen LogP contribution in [0.5, 0.6) is 5.75 Å². The molecule has 0 heterocycles. The zero-order valence-electron chi connectivity index (χ0n) is 30.2. The van der Waals surface area contributed by atoms with Gasteiger partial charge in [0.2, 0.25) is 0 Å². The molecule has 2 N–H and O–H groups in total. The molecule has 0 spiro atoms. The Morgan fingerprint density at radius 3 is 1.00 bits per heavy atom. The number of anilines is 1. The molecule has 0 bridgehead atoms. The molecule has 1 rings (SSSR count). The molecule has 11 heteroatoms. The predicted octanol–water partition coefficient (Wildman–Crippen LogP) is 6.11. The molecule has 11 nitrogen and oxygen atoms in total. The predicted molar refractivity (Wildman–Crippen MR) is 190 cm³/mol. The molecule has 0 aliphatic carbocycles. The first-order valence-electron chi connectivity index (χ1n) is 18.5. The number of ether oxygens (including phenoxy) is 10. The summed E-state index contributed by atoms with van der Waals surface area (Å²) >= 11 is 0. The van der Waals surface area contributed by atoms with Gasteiger partial charge in [-0.3, -0.25) is 0 Å². The van der Waals surface area contributed by atoms with Gasteiger partial charge in [-0.25, -0.2) is 0 Å². The van der Waals surface area contributed by atoms with Crippen LogP contribution in [0.1, 0.15) is 77.6 Å². The van der Waals surface area contributed by atoms with E-state index >= 15 is 0 Å². The van der Waals surface area contributed by atoms with Crippen molar-refractivity contribution in [1.29, 1.82) is 0 Å². The summed E-state index contributed by atoms with van der Waals surface area (Å²) in [5.41, 5.74) is 6.45. The van der Waals surface area contributed by atoms with E-state index in [1.165, 1.54) is 64.2 Å². The van der Waals surface area contributed by atoms with Crippen LogP contribution in [0.2, 0.25) is 0 Å². The standard InChI is InChI=1S/C37H69NO10/c1-2-3-4-5-6-7-8-9-10-11-14-17-39-18-19-40-20-21-41-22-23-42-24-25-43-26-27-44-28-29-45-30-31-46-32-33-47-34-35-48-37-16-13-12-15-36(37)38/h12-13,15-16H,2-11,14,17-35,38H2,1H3. The lowest BCUT2D eigenvalue weighted by Crippen LogP contribution is -2.15. The van der Waals surface area contributed by atoms with E-state index in [0.717, 1.165) is 13.0 Å². The quantitative estimate of drug-likeness (QED) is 0.0636. The van der Waals surface area contributed by atoms with Crippen LogP contribution in [0.15, 0.2) is 24.3 Å². The molecule has 0 aromatic heterocycles. The minimum atomic E-state index is 0.443. The second kappa shape index (κ2) is 38.3. The Bertz CT molecular complexity index is 761. The summed E-state index contributed by atoms with van der Waals surface area (Å²) in [7, 11) is 0. The molecule has 282 valence electrons. The van der Waals surface area contributed by atoms with E-state index in [2.05, 4.69) is 6.92 Å². The number of para-hydroxylation sites is 2. The number of nitrogen functional groups attached to an aromatic ring is 1. The Labute approximate surface area is 291 Å². The van der Waals surface area contributed by atoms with Gasteiger partial charge in [0.05, 0.1) is 118 Å². The molecule has 0 saturated carbocycles. The Morgan fingerprint density at radius 2 is 0.646 bits per heavy atom. The Kier molecular flexibility index (Phi) is 35.5. The number of nitrogens with two attached hydrogens (primary N) is 1. The zero-order chi connectivity index (χ0) is 34.3. The first kappa shape index (κ1) is 44.5. The lowest BCUT2D eigenvalue weighted by atomic mass is 10.1. The molecule has 0 unspecified atom stereocenters. The van der Waals surface area contributed by atoms with E-state index in [-0.39, 0.29) is 0 Å². The minimum Gasteiger partial charge on any atom is -0.489 e. The molecular formula is C37H69NO10. The molecule has 0 aliphatic rings. The highest BCUT2D eigenvalue weighted by Gasteiger charge is 1.99. The molecule has 1 aromatic carbocycles. The van der Waals surface area contributed by atoms with Crippen molar-refractivity contribution < 1.29 is 47.4 Å². The summed E-state index contributed by atoms with van der Waals surface area (Å²) in [5.74, 6) is 0.673. The van der Waals surface area contributed by atoms with Crippen molar-refractivity contribution in [2.75, 3.05) is 131 Å². The first-order chi connectivity index (χ1) is 23.8. The highest BCUT2D eigenvalue weighted by Crippen LogP contribution is 2.19. The minimum absolute atomic E-state index is 0.443. The fourth-order valence-corrected chi connectivity index (χ4v) is 4.55. The molecule has 0 amide bonds. The van der Waals surface area contributed by atoms with Crippen molar-refractivity contribution in [3.8, 4) is 5.75 Å². The van der Waals surface area contributed by atoms with Crippen LogP contribution in [-0.2, 0) is 42.6 Å². The van der Waals surface area contributed by atoms with E-state index in [0.29, 0.717) is 130 Å². The van der Waals surface area contributed by atoms with Gasteiger partial charge >= 0.3 is 0 Å². The highest BCUT2D eigenvalue weighted by atomic mass is 16.6. The van der Waals surface area contributed by atoms with E-state index in [9.17, 15) is 0 Å². The van der Waals surface area contributed by atoms with Crippen LogP contribution in [0, 0.1) is 0 Å². The molecule has 1 aromatic rings. The maximum Gasteiger partial charge on any atom is 0.142 e. The van der Waals surface area contributed by atoms with Crippen molar-refractivity contribution in [3.05, 3.63) is 24.3 Å². The largest absolute Gasteiger partial charge is 0.489 e. The third-order valence-electron chi connectivity index (χ3n) is 7.27. The normalized spacial score (nSPS) is 11.4. The maximum absolute atomic E-state index is 5.82. The third-order valence-corrected chi connectivity index (χ3v) is 7.27. The number of hydrogen-bond donors (Lipinski definition) is 1. The van der Waals surface area contributed by atoms with Gasteiger partial charge in [-0.15, -0.1) is 0 Å². The van der Waals surface area contributed by atoms with Crippen LogP contribution in [-0.4, -0.2) is 126 Å². The number of benzene rings is 1. The molecule has 0 radical (unpaired) electrons. The summed E-state index contributed by atoms with van der Waals surface area (Å²) in [4.78, 5) is 0. The van der Waals surface area contributed by atoms with Gasteiger partial charge in [-0.2, -0.15) is 0 Å². The van der Waals surface area contributed by atoms with Gasteiger partial charge in [0.15, 0.2) is 0 Å². The fourth-order valence-electron chi connectivity index (χ4n) is 4.55. The van der Waals surface area contributed by atoms with Gasteiger partial charge in [0.1, 0.15) is 12.4 Å². The van der Waals surface area contributed by atoms with Crippen molar-refractivity contribution in [2.24, 2.45) is 0 Å². The summed E-state index contributed by atoms with van der Waals surface area (Å²) in [6.45, 7) is 12.7. The monoisotopic (exact) mass is 687 g/mol. The SMILES string of the molecule is CCCCCCCCCCCCCOCCOCCOCCOCCOCCOCCOCCOCCOCCOc1ccccc1N. The topological polar surface area (TPSA) is 118 Å². The van der Waals surface area contributed by atoms with Crippen molar-refractivity contribution >= 4 is 5.69 Å². The number of unbranched alkanes of at least 4 members (excludes halogenated alkanes) is 10. The molecule has 0 fully saturated rings. The lowest BCUT2D eigenvalue weighted by molar-refractivity contribution is -0.0254. The Hall–Kier alpha value is -1.54. The number of rotatable bonds is 40. The molecular weight excluding hydrogens is 618 g/mol. The third kappa shape index (κ3) is 33.0. The lowest BCUT2D eigenvalue weighted by Gasteiger charge is -2.09. The first-order valence-corrected chi connectivity index (χ1v) is 18.5. The molecule has 0 aliphatic heterocycles. The average Bonchev–Trinajstić information content (AvgIpc) is 3.10. The average molecular weight is 688 g/mol. The van der Waals surface area contributed by atoms with Crippen LogP contribution in [0.4, 0.5) is 5.69 Å². The van der Waals surface area contributed by atoms with E-state index < -0.39 is 0 Å². The summed E-state index contributed by atoms with van der Waals surface area (Å²) < 4.78 is 55.3. The van der Waals surface area contributed by atoms with Crippen molar-refractivity contribution in [1.82, 2.24) is 0 Å². The second-order valence-corrected chi connectivity index (χ2v) is 11.4. The highest BCUT2D eigenvalue weighted by molar-refractivity contribution is 5.51. The summed E-state index contributed by atoms with van der Waals surface area (Å²) in [5, 5.41) is 0. The molecule has 0 atom stereocenters. The fraction of sp³-hybridized carbons (Fsp3) is 0.838. The van der Waals surface area contributed by atoms with Crippen LogP contribution in [0.25, 0.3) is 0 Å². The van der Waals surface area contributed by atoms with E-state index in [4.69, 9.17) is 53.1 Å². The summed E-state index contributed by atoms with van der Waals surface area (Å²) in [6, 6.07) is 7.40. The Balaban J connectivity index is 1.62. The van der Waals surface area contributed by atoms with Crippen molar-refractivity contribution in [2.45, 2.75) is 77.6 Å². The van der Waals surface area contributed by atoms with Gasteiger partial charge < -0.3 is 53.1 Å². The molecule has 48 heavy (non-hydrogen) atoms. The maximum atomic E-state index is 5.82. The summed E-state index contributed by atoms with van der Waals surface area (Å²) in [6.07, 6.45) is 14.9.